The highest BCUT2D eigenvalue weighted by atomic mass is 32.1. The Bertz CT molecular complexity index is 680. The summed E-state index contributed by atoms with van der Waals surface area (Å²) in [6, 6.07) is 4.99. The molecule has 0 aliphatic rings. The van der Waals surface area contributed by atoms with E-state index in [0.29, 0.717) is 30.4 Å². The molecule has 0 spiro atoms. The van der Waals surface area contributed by atoms with Crippen LogP contribution in [0, 0.1) is 0 Å². The van der Waals surface area contributed by atoms with Crippen molar-refractivity contribution in [2.24, 2.45) is 0 Å². The van der Waals surface area contributed by atoms with Crippen LogP contribution in [0.4, 0.5) is 9.93 Å². The second kappa shape index (κ2) is 7.22. The van der Waals surface area contributed by atoms with Gasteiger partial charge in [0.1, 0.15) is 0 Å². The maximum absolute atomic E-state index is 12.0. The van der Waals surface area contributed by atoms with Crippen molar-refractivity contribution in [1.29, 1.82) is 0 Å². The van der Waals surface area contributed by atoms with Crippen LogP contribution in [-0.4, -0.2) is 41.6 Å². The number of anilines is 1. The third-order valence-electron chi connectivity index (χ3n) is 3.16. The Morgan fingerprint density at radius 3 is 2.64 bits per heavy atom. The van der Waals surface area contributed by atoms with E-state index in [0.717, 1.165) is 10.2 Å². The quantitative estimate of drug-likeness (QED) is 0.857. The summed E-state index contributed by atoms with van der Waals surface area (Å²) in [6.07, 6.45) is 0. The van der Waals surface area contributed by atoms with E-state index in [1.165, 1.54) is 11.3 Å². The molecule has 1 heterocycles. The molecule has 6 nitrogen and oxygen atoms in total. The van der Waals surface area contributed by atoms with E-state index in [-0.39, 0.29) is 12.0 Å². The van der Waals surface area contributed by atoms with Gasteiger partial charge >= 0.3 is 12.0 Å². The van der Waals surface area contributed by atoms with E-state index < -0.39 is 0 Å². The maximum atomic E-state index is 12.0. The van der Waals surface area contributed by atoms with Crippen molar-refractivity contribution in [3.8, 4) is 0 Å². The second-order valence-corrected chi connectivity index (χ2v) is 5.56. The van der Waals surface area contributed by atoms with Gasteiger partial charge < -0.3 is 9.64 Å². The van der Waals surface area contributed by atoms with Crippen LogP contribution in [0.1, 0.15) is 31.1 Å². The summed E-state index contributed by atoms with van der Waals surface area (Å²) in [7, 11) is 0. The van der Waals surface area contributed by atoms with Crippen LogP contribution >= 0.6 is 11.3 Å². The summed E-state index contributed by atoms with van der Waals surface area (Å²) in [5, 5.41) is 3.31. The van der Waals surface area contributed by atoms with Gasteiger partial charge in [-0.3, -0.25) is 5.32 Å². The molecule has 1 aromatic heterocycles. The molecule has 2 aromatic rings. The molecule has 0 bridgehead atoms. The third-order valence-corrected chi connectivity index (χ3v) is 4.10. The molecule has 0 unspecified atom stereocenters. The van der Waals surface area contributed by atoms with E-state index >= 15 is 0 Å². The average Bonchev–Trinajstić information content (AvgIpc) is 2.89. The van der Waals surface area contributed by atoms with Crippen molar-refractivity contribution < 1.29 is 14.3 Å². The number of aromatic nitrogens is 1. The minimum atomic E-state index is -0.355. The number of hydrogen-bond acceptors (Lipinski definition) is 5. The van der Waals surface area contributed by atoms with Crippen LogP contribution in [-0.2, 0) is 4.74 Å². The van der Waals surface area contributed by atoms with Crippen LogP contribution in [0.15, 0.2) is 18.2 Å². The molecular formula is C15H19N3O3S. The standard InChI is InChI=1S/C15H19N3O3S/c1-4-18(5-2)15(20)17-14-16-11-8-7-10(9-12(11)22-14)13(19)21-6-3/h7-9H,4-6H2,1-3H3,(H,16,17,20). The summed E-state index contributed by atoms with van der Waals surface area (Å²) in [5.74, 6) is -0.355. The van der Waals surface area contributed by atoms with Gasteiger partial charge in [-0.15, -0.1) is 0 Å². The Morgan fingerprint density at radius 2 is 2.00 bits per heavy atom. The fourth-order valence-electron chi connectivity index (χ4n) is 2.00. The number of nitrogens with zero attached hydrogens (tertiary/aromatic N) is 2. The molecule has 0 atom stereocenters. The summed E-state index contributed by atoms with van der Waals surface area (Å²) >= 11 is 1.34. The van der Waals surface area contributed by atoms with Crippen molar-refractivity contribution in [2.45, 2.75) is 20.8 Å². The van der Waals surface area contributed by atoms with Gasteiger partial charge in [-0.2, -0.15) is 0 Å². The molecule has 0 saturated carbocycles. The molecule has 2 amide bonds. The highest BCUT2D eigenvalue weighted by Gasteiger charge is 2.14. The number of fused-ring (bicyclic) bond motifs is 1. The number of amides is 2. The number of urea groups is 1. The van der Waals surface area contributed by atoms with Crippen LogP contribution in [0.2, 0.25) is 0 Å². The lowest BCUT2D eigenvalue weighted by atomic mass is 10.2. The van der Waals surface area contributed by atoms with Gasteiger partial charge in [0, 0.05) is 13.1 Å². The van der Waals surface area contributed by atoms with Crippen molar-refractivity contribution in [3.05, 3.63) is 23.8 Å². The predicted octanol–water partition coefficient (Wildman–Crippen LogP) is 3.35. The summed E-state index contributed by atoms with van der Waals surface area (Å²) in [5.41, 5.74) is 1.23. The number of esters is 1. The predicted molar refractivity (Wildman–Crippen MR) is 87.5 cm³/mol. The SMILES string of the molecule is CCOC(=O)c1ccc2nc(NC(=O)N(CC)CC)sc2c1. The summed E-state index contributed by atoms with van der Waals surface area (Å²) < 4.78 is 5.81. The topological polar surface area (TPSA) is 71.5 Å². The third kappa shape index (κ3) is 3.54. The highest BCUT2D eigenvalue weighted by Crippen LogP contribution is 2.27. The van der Waals surface area contributed by atoms with Crippen molar-refractivity contribution in [1.82, 2.24) is 9.88 Å². The van der Waals surface area contributed by atoms with E-state index in [9.17, 15) is 9.59 Å². The lowest BCUT2D eigenvalue weighted by Gasteiger charge is -2.17. The average molecular weight is 321 g/mol. The van der Waals surface area contributed by atoms with Crippen molar-refractivity contribution in [2.75, 3.05) is 25.0 Å². The van der Waals surface area contributed by atoms with E-state index in [4.69, 9.17) is 4.74 Å². The fourth-order valence-corrected chi connectivity index (χ4v) is 2.90. The minimum Gasteiger partial charge on any atom is -0.462 e. The number of carbonyl (C=O) groups is 2. The lowest BCUT2D eigenvalue weighted by molar-refractivity contribution is 0.0526. The molecule has 1 aromatic carbocycles. The largest absolute Gasteiger partial charge is 0.462 e. The molecule has 0 aliphatic heterocycles. The number of hydrogen-bond donors (Lipinski definition) is 1. The first kappa shape index (κ1) is 16.2. The number of ether oxygens (including phenoxy) is 1. The molecule has 22 heavy (non-hydrogen) atoms. The second-order valence-electron chi connectivity index (χ2n) is 4.52. The first-order valence-electron chi connectivity index (χ1n) is 7.22. The molecule has 2 rings (SSSR count). The number of rotatable bonds is 5. The molecule has 0 fully saturated rings. The highest BCUT2D eigenvalue weighted by molar-refractivity contribution is 7.22. The normalized spacial score (nSPS) is 10.5. The Labute approximate surface area is 133 Å². The first-order valence-corrected chi connectivity index (χ1v) is 8.04. The van der Waals surface area contributed by atoms with E-state index in [2.05, 4.69) is 10.3 Å². The molecule has 1 N–H and O–H groups in total. The molecule has 0 aliphatic carbocycles. The van der Waals surface area contributed by atoms with Crippen LogP contribution in [0.3, 0.4) is 0 Å². The Hall–Kier alpha value is -2.15. The Kier molecular flexibility index (Phi) is 5.32. The molecular weight excluding hydrogens is 302 g/mol. The van der Waals surface area contributed by atoms with Gasteiger partial charge in [-0.05, 0) is 39.0 Å². The smallest absolute Gasteiger partial charge is 0.338 e. The van der Waals surface area contributed by atoms with Crippen LogP contribution in [0.25, 0.3) is 10.2 Å². The maximum Gasteiger partial charge on any atom is 0.338 e. The number of nitrogens with one attached hydrogen (secondary N) is 1. The van der Waals surface area contributed by atoms with Gasteiger partial charge in [-0.1, -0.05) is 11.3 Å². The monoisotopic (exact) mass is 321 g/mol. The lowest BCUT2D eigenvalue weighted by Crippen LogP contribution is -2.34. The summed E-state index contributed by atoms with van der Waals surface area (Å²) in [4.78, 5) is 29.8. The van der Waals surface area contributed by atoms with Gasteiger partial charge in [-0.25, -0.2) is 14.6 Å². The molecule has 0 radical (unpaired) electrons. The molecule has 118 valence electrons. The number of thiazole rings is 1. The summed E-state index contributed by atoms with van der Waals surface area (Å²) in [6.45, 7) is 7.23. The number of benzene rings is 1. The van der Waals surface area contributed by atoms with Crippen LogP contribution < -0.4 is 5.32 Å². The van der Waals surface area contributed by atoms with Crippen molar-refractivity contribution in [3.63, 3.8) is 0 Å². The zero-order valence-electron chi connectivity index (χ0n) is 12.9. The van der Waals surface area contributed by atoms with Crippen molar-refractivity contribution >= 4 is 38.7 Å². The van der Waals surface area contributed by atoms with Gasteiger partial charge in [0.25, 0.3) is 0 Å². The van der Waals surface area contributed by atoms with Crippen LogP contribution in [0.5, 0.6) is 0 Å². The Morgan fingerprint density at radius 1 is 1.27 bits per heavy atom. The van der Waals surface area contributed by atoms with E-state index in [1.54, 1.807) is 30.0 Å². The van der Waals surface area contributed by atoms with E-state index in [1.807, 2.05) is 13.8 Å². The first-order chi connectivity index (χ1) is 10.6. The Balaban J connectivity index is 2.20. The molecule has 0 saturated heterocycles. The zero-order valence-corrected chi connectivity index (χ0v) is 13.7. The van der Waals surface area contributed by atoms with Gasteiger partial charge in [0.05, 0.1) is 22.4 Å². The fraction of sp³-hybridized carbons (Fsp3) is 0.400. The van der Waals surface area contributed by atoms with Gasteiger partial charge in [0.15, 0.2) is 5.13 Å². The molecule has 7 heteroatoms. The van der Waals surface area contributed by atoms with Gasteiger partial charge in [0.2, 0.25) is 0 Å². The minimum absolute atomic E-state index is 0.172. The number of carbonyl (C=O) groups excluding carboxylic acids is 2. The zero-order chi connectivity index (χ0) is 16.1.